The third-order valence-electron chi connectivity index (χ3n) is 7.36. The first-order valence-corrected chi connectivity index (χ1v) is 13.9. The van der Waals surface area contributed by atoms with Crippen LogP contribution < -0.4 is 11.1 Å². The molecule has 2 aliphatic carbocycles. The number of benzene rings is 1. The summed E-state index contributed by atoms with van der Waals surface area (Å²) in [6, 6.07) is 4.58. The van der Waals surface area contributed by atoms with Gasteiger partial charge in [-0.3, -0.25) is 9.59 Å². The molecular formula is C24H35FN4O4S. The normalized spacial score (nSPS) is 27.4. The van der Waals surface area contributed by atoms with Crippen LogP contribution in [0.25, 0.3) is 0 Å². The molecule has 1 heterocycles. The molecule has 4 rings (SSSR count). The van der Waals surface area contributed by atoms with Crippen LogP contribution in [0.4, 0.5) is 4.39 Å². The van der Waals surface area contributed by atoms with Gasteiger partial charge in [-0.15, -0.1) is 0 Å². The van der Waals surface area contributed by atoms with E-state index in [0.29, 0.717) is 13.0 Å². The van der Waals surface area contributed by atoms with Crippen molar-refractivity contribution >= 4 is 21.8 Å². The molecule has 1 aliphatic heterocycles. The van der Waals surface area contributed by atoms with Gasteiger partial charge in [0.05, 0.1) is 4.90 Å². The number of halogens is 1. The lowest BCUT2D eigenvalue weighted by molar-refractivity contribution is -0.151. The van der Waals surface area contributed by atoms with Crippen LogP contribution in [0.15, 0.2) is 29.2 Å². The summed E-state index contributed by atoms with van der Waals surface area (Å²) in [5.41, 5.74) is 5.99. The molecule has 8 nitrogen and oxygen atoms in total. The van der Waals surface area contributed by atoms with E-state index in [1.165, 1.54) is 17.0 Å². The van der Waals surface area contributed by atoms with E-state index in [9.17, 15) is 22.4 Å². The molecule has 0 spiro atoms. The minimum atomic E-state index is -4.13. The molecule has 0 radical (unpaired) electrons. The van der Waals surface area contributed by atoms with Gasteiger partial charge in [-0.05, 0) is 69.2 Å². The van der Waals surface area contributed by atoms with E-state index in [-0.39, 0.29) is 35.3 Å². The van der Waals surface area contributed by atoms with E-state index >= 15 is 0 Å². The van der Waals surface area contributed by atoms with Gasteiger partial charge in [-0.1, -0.05) is 19.3 Å². The summed E-state index contributed by atoms with van der Waals surface area (Å²) >= 11 is 0. The first-order chi connectivity index (χ1) is 16.3. The summed E-state index contributed by atoms with van der Waals surface area (Å²) in [6.07, 6.45) is 6.72. The van der Waals surface area contributed by atoms with Crippen LogP contribution in [-0.4, -0.2) is 60.8 Å². The molecule has 1 aromatic carbocycles. The molecule has 10 heteroatoms. The number of rotatable bonds is 5. The Morgan fingerprint density at radius 2 is 1.56 bits per heavy atom. The fourth-order valence-corrected chi connectivity index (χ4v) is 7.01. The molecule has 3 fully saturated rings. The van der Waals surface area contributed by atoms with Crippen molar-refractivity contribution in [2.45, 2.75) is 87.4 Å². The Morgan fingerprint density at radius 1 is 0.912 bits per heavy atom. The van der Waals surface area contributed by atoms with Gasteiger partial charge in [-0.2, -0.15) is 4.31 Å². The van der Waals surface area contributed by atoms with Gasteiger partial charge in [-0.25, -0.2) is 12.8 Å². The van der Waals surface area contributed by atoms with E-state index in [4.69, 9.17) is 5.73 Å². The zero-order valence-electron chi connectivity index (χ0n) is 19.5. The van der Waals surface area contributed by atoms with Crippen LogP contribution in [0, 0.1) is 11.7 Å². The highest BCUT2D eigenvalue weighted by molar-refractivity contribution is 7.89. The number of nitrogens with zero attached hydrogens (tertiary/aromatic N) is 2. The molecule has 2 amide bonds. The number of nitrogens with two attached hydrogens (primary N) is 1. The number of nitrogens with one attached hydrogen (secondary N) is 1. The maximum absolute atomic E-state index is 13.6. The van der Waals surface area contributed by atoms with Gasteiger partial charge in [0.1, 0.15) is 5.82 Å². The van der Waals surface area contributed by atoms with Crippen LogP contribution >= 0.6 is 0 Å². The summed E-state index contributed by atoms with van der Waals surface area (Å²) in [7, 11) is -4.13. The second kappa shape index (κ2) is 10.7. The Hall–Kier alpha value is -2.04. The quantitative estimate of drug-likeness (QED) is 0.652. The van der Waals surface area contributed by atoms with Gasteiger partial charge in [0, 0.05) is 31.1 Å². The van der Waals surface area contributed by atoms with Crippen molar-refractivity contribution in [3.63, 3.8) is 0 Å². The molecule has 3 aliphatic rings. The number of sulfonamides is 1. The summed E-state index contributed by atoms with van der Waals surface area (Å²) in [5.74, 6) is -1.36. The van der Waals surface area contributed by atoms with Gasteiger partial charge in [0.15, 0.2) is 6.17 Å². The lowest BCUT2D eigenvalue weighted by atomic mass is 9.88. The fourth-order valence-electron chi connectivity index (χ4n) is 5.42. The summed E-state index contributed by atoms with van der Waals surface area (Å²) in [4.78, 5) is 28.5. The standard InChI is InChI=1S/C24H35FN4O4S/c25-18-7-13-21(14-8-18)34(32,33)29-16-4-15-28(24(31)17-5-2-1-3-6-17)23(29)22(30)27-20-11-9-19(26)10-12-20/h7-8,13-14,17,19-20,23H,1-6,9-12,15-16,26H2,(H,27,30). The first-order valence-electron chi connectivity index (χ1n) is 12.4. The highest BCUT2D eigenvalue weighted by Crippen LogP contribution is 2.30. The third-order valence-corrected chi connectivity index (χ3v) is 9.22. The van der Waals surface area contributed by atoms with Gasteiger partial charge >= 0.3 is 0 Å². The molecular weight excluding hydrogens is 459 g/mol. The number of hydrogen-bond acceptors (Lipinski definition) is 5. The van der Waals surface area contributed by atoms with E-state index in [1.54, 1.807) is 0 Å². The predicted molar refractivity (Wildman–Crippen MR) is 125 cm³/mol. The second-order valence-corrected chi connectivity index (χ2v) is 11.7. The molecule has 188 valence electrons. The van der Waals surface area contributed by atoms with Crippen molar-refractivity contribution in [1.82, 2.24) is 14.5 Å². The zero-order chi connectivity index (χ0) is 24.3. The lowest BCUT2D eigenvalue weighted by Gasteiger charge is -2.44. The summed E-state index contributed by atoms with van der Waals surface area (Å²) in [6.45, 7) is 0.445. The SMILES string of the molecule is NC1CCC(NC(=O)C2N(C(=O)C3CCCCC3)CCCN2S(=O)(=O)c2ccc(F)cc2)CC1. The number of carbonyl (C=O) groups excluding carboxylic acids is 2. The molecule has 0 bridgehead atoms. The van der Waals surface area contributed by atoms with Crippen molar-refractivity contribution in [2.24, 2.45) is 11.7 Å². The molecule has 1 atom stereocenters. The summed E-state index contributed by atoms with van der Waals surface area (Å²) in [5, 5.41) is 3.01. The lowest BCUT2D eigenvalue weighted by Crippen LogP contribution is -2.65. The fraction of sp³-hybridized carbons (Fsp3) is 0.667. The number of carbonyl (C=O) groups is 2. The Morgan fingerprint density at radius 3 is 2.21 bits per heavy atom. The van der Waals surface area contributed by atoms with Crippen molar-refractivity contribution in [2.75, 3.05) is 13.1 Å². The van der Waals surface area contributed by atoms with Crippen molar-refractivity contribution in [1.29, 1.82) is 0 Å². The van der Waals surface area contributed by atoms with Crippen molar-refractivity contribution in [3.05, 3.63) is 30.1 Å². The van der Waals surface area contributed by atoms with Crippen LogP contribution in [0.1, 0.15) is 64.2 Å². The van der Waals surface area contributed by atoms with Crippen LogP contribution in [-0.2, 0) is 19.6 Å². The average Bonchev–Trinajstić information content (AvgIpc) is 2.85. The molecule has 34 heavy (non-hydrogen) atoms. The minimum Gasteiger partial charge on any atom is -0.350 e. The smallest absolute Gasteiger partial charge is 0.259 e. The Labute approximate surface area is 201 Å². The van der Waals surface area contributed by atoms with Gasteiger partial charge < -0.3 is 16.0 Å². The van der Waals surface area contributed by atoms with E-state index in [2.05, 4.69) is 5.32 Å². The maximum Gasteiger partial charge on any atom is 0.259 e. The molecule has 3 N–H and O–H groups in total. The number of amides is 2. The van der Waals surface area contributed by atoms with Gasteiger partial charge in [0.2, 0.25) is 15.9 Å². The highest BCUT2D eigenvalue weighted by atomic mass is 32.2. The first kappa shape index (κ1) is 25.1. The zero-order valence-corrected chi connectivity index (χ0v) is 20.3. The minimum absolute atomic E-state index is 0.0951. The molecule has 2 saturated carbocycles. The Kier molecular flexibility index (Phi) is 7.89. The second-order valence-electron chi connectivity index (χ2n) is 9.78. The van der Waals surface area contributed by atoms with Gasteiger partial charge in [0.25, 0.3) is 5.91 Å². The Bertz CT molecular complexity index is 973. The maximum atomic E-state index is 13.6. The predicted octanol–water partition coefficient (Wildman–Crippen LogP) is 2.34. The highest BCUT2D eigenvalue weighted by Gasteiger charge is 2.45. The van der Waals surface area contributed by atoms with E-state index in [0.717, 1.165) is 74.2 Å². The molecule has 0 aromatic heterocycles. The van der Waals surface area contributed by atoms with Crippen molar-refractivity contribution < 1.29 is 22.4 Å². The topological polar surface area (TPSA) is 113 Å². The summed E-state index contributed by atoms with van der Waals surface area (Å²) < 4.78 is 41.7. The number of hydrogen-bond donors (Lipinski definition) is 2. The van der Waals surface area contributed by atoms with E-state index in [1.807, 2.05) is 0 Å². The molecule has 1 unspecified atom stereocenters. The van der Waals surface area contributed by atoms with Crippen LogP contribution in [0.5, 0.6) is 0 Å². The monoisotopic (exact) mass is 494 g/mol. The average molecular weight is 495 g/mol. The van der Waals surface area contributed by atoms with Crippen molar-refractivity contribution in [3.8, 4) is 0 Å². The van der Waals surface area contributed by atoms with E-state index < -0.39 is 27.9 Å². The van der Waals surface area contributed by atoms with Crippen LogP contribution in [0.2, 0.25) is 0 Å². The third kappa shape index (κ3) is 5.44. The largest absolute Gasteiger partial charge is 0.350 e. The molecule has 1 saturated heterocycles. The van der Waals surface area contributed by atoms with Crippen LogP contribution in [0.3, 0.4) is 0 Å². The molecule has 1 aromatic rings. The Balaban J connectivity index is 1.63.